The Morgan fingerprint density at radius 1 is 1.20 bits per heavy atom. The molecule has 0 bridgehead atoms. The van der Waals surface area contributed by atoms with Crippen LogP contribution < -0.4 is 5.32 Å². The zero-order valence-electron chi connectivity index (χ0n) is 10.2. The van der Waals surface area contributed by atoms with Crippen molar-refractivity contribution in [3.8, 4) is 0 Å². The monoisotopic (exact) mass is 211 g/mol. The molecule has 3 atom stereocenters. The van der Waals surface area contributed by atoms with Crippen molar-refractivity contribution >= 4 is 0 Å². The molecule has 2 fully saturated rings. The van der Waals surface area contributed by atoms with E-state index in [1.165, 1.54) is 38.5 Å². The van der Waals surface area contributed by atoms with Gasteiger partial charge in [-0.2, -0.15) is 0 Å². The second-order valence-electron chi connectivity index (χ2n) is 5.40. The van der Waals surface area contributed by atoms with E-state index >= 15 is 0 Å². The number of hydrogen-bond acceptors (Lipinski definition) is 2. The minimum Gasteiger partial charge on any atom is -0.378 e. The highest BCUT2D eigenvalue weighted by Crippen LogP contribution is 2.28. The van der Waals surface area contributed by atoms with Gasteiger partial charge in [-0.3, -0.25) is 0 Å². The van der Waals surface area contributed by atoms with Gasteiger partial charge in [0.1, 0.15) is 0 Å². The third kappa shape index (κ3) is 3.18. The van der Waals surface area contributed by atoms with Crippen molar-refractivity contribution in [1.29, 1.82) is 0 Å². The summed E-state index contributed by atoms with van der Waals surface area (Å²) in [6.45, 7) is 5.50. The van der Waals surface area contributed by atoms with Crippen molar-refractivity contribution in [3.63, 3.8) is 0 Å². The first-order valence-corrected chi connectivity index (χ1v) is 6.63. The van der Waals surface area contributed by atoms with Crippen molar-refractivity contribution in [3.05, 3.63) is 0 Å². The van der Waals surface area contributed by atoms with Crippen molar-refractivity contribution < 1.29 is 4.74 Å². The van der Waals surface area contributed by atoms with Crippen molar-refractivity contribution in [2.45, 2.75) is 70.6 Å². The molecular weight excluding hydrogens is 186 g/mol. The van der Waals surface area contributed by atoms with Gasteiger partial charge in [0.05, 0.1) is 6.10 Å². The van der Waals surface area contributed by atoms with Crippen LogP contribution in [-0.2, 0) is 4.74 Å². The van der Waals surface area contributed by atoms with E-state index in [1.807, 2.05) is 0 Å². The van der Waals surface area contributed by atoms with Crippen LogP contribution >= 0.6 is 0 Å². The van der Waals surface area contributed by atoms with Crippen LogP contribution in [0.2, 0.25) is 0 Å². The topological polar surface area (TPSA) is 21.3 Å². The fraction of sp³-hybridized carbons (Fsp3) is 1.00. The summed E-state index contributed by atoms with van der Waals surface area (Å²) in [4.78, 5) is 0. The molecule has 0 radical (unpaired) electrons. The van der Waals surface area contributed by atoms with E-state index < -0.39 is 0 Å². The Morgan fingerprint density at radius 3 is 2.60 bits per heavy atom. The normalized spacial score (nSPS) is 35.6. The fourth-order valence-corrected chi connectivity index (χ4v) is 3.11. The third-order valence-electron chi connectivity index (χ3n) is 4.09. The van der Waals surface area contributed by atoms with Crippen molar-refractivity contribution in [2.75, 3.05) is 6.61 Å². The van der Waals surface area contributed by atoms with E-state index in [1.54, 1.807) is 0 Å². The molecule has 1 aliphatic carbocycles. The molecule has 0 aromatic heterocycles. The maximum absolute atomic E-state index is 5.58. The van der Waals surface area contributed by atoms with Crippen LogP contribution in [0, 0.1) is 5.92 Å². The van der Waals surface area contributed by atoms with Gasteiger partial charge >= 0.3 is 0 Å². The number of hydrogen-bond donors (Lipinski definition) is 1. The Bertz CT molecular complexity index is 189. The van der Waals surface area contributed by atoms with E-state index in [0.29, 0.717) is 18.2 Å². The van der Waals surface area contributed by atoms with Crippen molar-refractivity contribution in [1.82, 2.24) is 5.32 Å². The van der Waals surface area contributed by atoms with E-state index in [4.69, 9.17) is 4.74 Å². The predicted molar refractivity (Wildman–Crippen MR) is 63.0 cm³/mol. The summed E-state index contributed by atoms with van der Waals surface area (Å²) in [5.74, 6) is 0.933. The molecule has 0 aromatic carbocycles. The van der Waals surface area contributed by atoms with Crippen LogP contribution in [0.1, 0.15) is 52.4 Å². The zero-order chi connectivity index (χ0) is 10.7. The first-order chi connectivity index (χ1) is 7.25. The number of ether oxygens (including phenoxy) is 1. The Kier molecular flexibility index (Phi) is 4.04. The standard InChI is InChI=1S/C13H25NO/c1-10-9-13(7-8-15-10)14-11(2)12-5-3-4-6-12/h10-14H,3-9H2,1-2H3/t10?,11-,13?/m0/s1. The second-order valence-corrected chi connectivity index (χ2v) is 5.40. The van der Waals surface area contributed by atoms with Gasteiger partial charge < -0.3 is 10.1 Å². The number of rotatable bonds is 3. The SMILES string of the molecule is CC1CC(N[C@@H](C)C2CCCC2)CCO1. The van der Waals surface area contributed by atoms with Crippen LogP contribution in [0.25, 0.3) is 0 Å². The van der Waals surface area contributed by atoms with Crippen molar-refractivity contribution in [2.24, 2.45) is 5.92 Å². The van der Waals surface area contributed by atoms with E-state index in [2.05, 4.69) is 19.2 Å². The summed E-state index contributed by atoms with van der Waals surface area (Å²) in [6, 6.07) is 1.41. The van der Waals surface area contributed by atoms with E-state index in [0.717, 1.165) is 12.5 Å². The van der Waals surface area contributed by atoms with Gasteiger partial charge in [-0.25, -0.2) is 0 Å². The van der Waals surface area contributed by atoms with Gasteiger partial charge in [-0.15, -0.1) is 0 Å². The highest BCUT2D eigenvalue weighted by molar-refractivity contribution is 4.82. The molecule has 2 heteroatoms. The zero-order valence-corrected chi connectivity index (χ0v) is 10.2. The Labute approximate surface area is 93.8 Å². The van der Waals surface area contributed by atoms with Gasteiger partial charge in [0.15, 0.2) is 0 Å². The van der Waals surface area contributed by atoms with E-state index in [-0.39, 0.29) is 0 Å². The van der Waals surface area contributed by atoms with Gasteiger partial charge in [0.25, 0.3) is 0 Å². The van der Waals surface area contributed by atoms with E-state index in [9.17, 15) is 0 Å². The molecule has 2 unspecified atom stereocenters. The molecule has 1 saturated heterocycles. The summed E-state index contributed by atoms with van der Waals surface area (Å²) >= 11 is 0. The molecule has 88 valence electrons. The summed E-state index contributed by atoms with van der Waals surface area (Å²) in [5.41, 5.74) is 0. The molecule has 0 aromatic rings. The Balaban J connectivity index is 1.74. The highest BCUT2D eigenvalue weighted by atomic mass is 16.5. The molecule has 1 saturated carbocycles. The number of nitrogens with one attached hydrogen (secondary N) is 1. The quantitative estimate of drug-likeness (QED) is 0.775. The smallest absolute Gasteiger partial charge is 0.0561 e. The summed E-state index contributed by atoms with van der Waals surface area (Å²) in [5, 5.41) is 3.81. The average Bonchev–Trinajstić information content (AvgIpc) is 2.70. The maximum Gasteiger partial charge on any atom is 0.0561 e. The molecule has 1 aliphatic heterocycles. The molecule has 1 heterocycles. The van der Waals surface area contributed by atoms with Gasteiger partial charge in [0, 0.05) is 18.7 Å². The van der Waals surface area contributed by atoms with Crippen LogP contribution in [0.4, 0.5) is 0 Å². The van der Waals surface area contributed by atoms with Crippen LogP contribution in [0.5, 0.6) is 0 Å². The van der Waals surface area contributed by atoms with Crippen LogP contribution in [-0.4, -0.2) is 24.8 Å². The van der Waals surface area contributed by atoms with Gasteiger partial charge in [0.2, 0.25) is 0 Å². The lowest BCUT2D eigenvalue weighted by Gasteiger charge is -2.32. The summed E-state index contributed by atoms with van der Waals surface area (Å²) < 4.78 is 5.58. The average molecular weight is 211 g/mol. The minimum absolute atomic E-state index is 0.451. The predicted octanol–water partition coefficient (Wildman–Crippen LogP) is 2.72. The summed E-state index contributed by atoms with van der Waals surface area (Å²) in [6.07, 6.45) is 8.60. The third-order valence-corrected chi connectivity index (χ3v) is 4.09. The van der Waals surface area contributed by atoms with Gasteiger partial charge in [-0.05, 0) is 45.4 Å². The molecule has 0 amide bonds. The Morgan fingerprint density at radius 2 is 1.93 bits per heavy atom. The first kappa shape index (κ1) is 11.4. The maximum atomic E-state index is 5.58. The minimum atomic E-state index is 0.451. The molecule has 2 rings (SSSR count). The van der Waals surface area contributed by atoms with Gasteiger partial charge in [-0.1, -0.05) is 12.8 Å². The molecule has 15 heavy (non-hydrogen) atoms. The van der Waals surface area contributed by atoms with Crippen LogP contribution in [0.3, 0.4) is 0 Å². The lowest BCUT2D eigenvalue weighted by Crippen LogP contribution is -2.44. The lowest BCUT2D eigenvalue weighted by molar-refractivity contribution is 0.0103. The highest BCUT2D eigenvalue weighted by Gasteiger charge is 2.25. The molecule has 0 spiro atoms. The molecule has 2 nitrogen and oxygen atoms in total. The molecule has 1 N–H and O–H groups in total. The first-order valence-electron chi connectivity index (χ1n) is 6.63. The molecule has 2 aliphatic rings. The molecular formula is C13H25NO. The fourth-order valence-electron chi connectivity index (χ4n) is 3.11. The Hall–Kier alpha value is -0.0800. The van der Waals surface area contributed by atoms with Crippen LogP contribution in [0.15, 0.2) is 0 Å². The summed E-state index contributed by atoms with van der Waals surface area (Å²) in [7, 11) is 0. The lowest BCUT2D eigenvalue weighted by atomic mass is 9.96. The largest absolute Gasteiger partial charge is 0.378 e. The second kappa shape index (κ2) is 5.31.